The number of fused-ring (bicyclic) bond motifs is 3. The highest BCUT2D eigenvalue weighted by atomic mass is 16.5. The molecule has 4 rings (SSSR count). The smallest absolute Gasteiger partial charge is 0.122 e. The number of rotatable bonds is 4. The quantitative estimate of drug-likeness (QED) is 0.849. The molecular weight excluding hydrogens is 282 g/mol. The molecule has 0 amide bonds. The Morgan fingerprint density at radius 1 is 1.04 bits per heavy atom. The van der Waals surface area contributed by atoms with Crippen molar-refractivity contribution in [3.05, 3.63) is 65.2 Å². The van der Waals surface area contributed by atoms with Gasteiger partial charge in [0.1, 0.15) is 5.75 Å². The summed E-state index contributed by atoms with van der Waals surface area (Å²) in [6.45, 7) is 3.64. The van der Waals surface area contributed by atoms with Crippen LogP contribution >= 0.6 is 0 Å². The Morgan fingerprint density at radius 2 is 1.91 bits per heavy atom. The van der Waals surface area contributed by atoms with Crippen LogP contribution in [0.4, 0.5) is 0 Å². The lowest BCUT2D eigenvalue weighted by Gasteiger charge is -2.28. The van der Waals surface area contributed by atoms with Gasteiger partial charge in [-0.3, -0.25) is 0 Å². The summed E-state index contributed by atoms with van der Waals surface area (Å²) >= 11 is 0. The van der Waals surface area contributed by atoms with Crippen molar-refractivity contribution < 1.29 is 4.74 Å². The Morgan fingerprint density at radius 3 is 2.74 bits per heavy atom. The first-order chi connectivity index (χ1) is 11.3. The Bertz CT molecular complexity index is 667. The molecule has 1 aliphatic heterocycles. The summed E-state index contributed by atoms with van der Waals surface area (Å²) < 4.78 is 5.58. The molecule has 1 heterocycles. The summed E-state index contributed by atoms with van der Waals surface area (Å²) in [6, 6.07) is 17.5. The van der Waals surface area contributed by atoms with Crippen LogP contribution in [0.5, 0.6) is 5.75 Å². The summed E-state index contributed by atoms with van der Waals surface area (Å²) in [6.07, 6.45) is 3.64. The minimum absolute atomic E-state index is 0.699. The summed E-state index contributed by atoms with van der Waals surface area (Å²) in [5, 5.41) is 0. The summed E-state index contributed by atoms with van der Waals surface area (Å²) in [4.78, 5) is 2.66. The number of likely N-dealkylation sites (tertiary alicyclic amines) is 1. The van der Waals surface area contributed by atoms with Gasteiger partial charge in [0.2, 0.25) is 0 Å². The largest absolute Gasteiger partial charge is 0.496 e. The standard InChI is InChI=1S/C21H25NO/c1-23-21-9-5-8-18-19(21)11-10-17-14-22(15-20(17)18)13-12-16-6-3-2-4-7-16/h2-9,17,20H,10-15H2,1H3. The summed E-state index contributed by atoms with van der Waals surface area (Å²) in [5.41, 5.74) is 4.45. The molecule has 2 unspecified atom stereocenters. The highest BCUT2D eigenvalue weighted by molar-refractivity contribution is 5.44. The van der Waals surface area contributed by atoms with Gasteiger partial charge < -0.3 is 9.64 Å². The molecule has 0 aromatic heterocycles. The van der Waals surface area contributed by atoms with Gasteiger partial charge in [-0.2, -0.15) is 0 Å². The molecule has 2 atom stereocenters. The van der Waals surface area contributed by atoms with Crippen LogP contribution in [-0.2, 0) is 12.8 Å². The summed E-state index contributed by atoms with van der Waals surface area (Å²) in [7, 11) is 1.79. The Kier molecular flexibility index (Phi) is 4.09. The highest BCUT2D eigenvalue weighted by Gasteiger charge is 2.37. The van der Waals surface area contributed by atoms with Crippen molar-refractivity contribution in [2.24, 2.45) is 5.92 Å². The number of ether oxygens (including phenoxy) is 1. The zero-order chi connectivity index (χ0) is 15.6. The first kappa shape index (κ1) is 14.8. The molecule has 2 aliphatic rings. The predicted molar refractivity (Wildman–Crippen MR) is 94.1 cm³/mol. The molecule has 0 bridgehead atoms. The number of benzene rings is 2. The molecule has 23 heavy (non-hydrogen) atoms. The van der Waals surface area contributed by atoms with Crippen LogP contribution in [0.2, 0.25) is 0 Å². The molecule has 2 aromatic carbocycles. The lowest BCUT2D eigenvalue weighted by atomic mass is 9.77. The van der Waals surface area contributed by atoms with E-state index in [1.165, 1.54) is 43.6 Å². The zero-order valence-electron chi connectivity index (χ0n) is 13.9. The maximum atomic E-state index is 5.58. The van der Waals surface area contributed by atoms with E-state index in [1.54, 1.807) is 12.7 Å². The van der Waals surface area contributed by atoms with Gasteiger partial charge in [0.25, 0.3) is 0 Å². The van der Waals surface area contributed by atoms with E-state index >= 15 is 0 Å². The van der Waals surface area contributed by atoms with Crippen molar-refractivity contribution >= 4 is 0 Å². The van der Waals surface area contributed by atoms with Gasteiger partial charge in [-0.05, 0) is 47.9 Å². The van der Waals surface area contributed by atoms with Crippen LogP contribution in [0, 0.1) is 5.92 Å². The van der Waals surface area contributed by atoms with Gasteiger partial charge >= 0.3 is 0 Å². The van der Waals surface area contributed by atoms with Gasteiger partial charge in [-0.15, -0.1) is 0 Å². The van der Waals surface area contributed by atoms with Crippen molar-refractivity contribution in [3.63, 3.8) is 0 Å². The van der Waals surface area contributed by atoms with Crippen molar-refractivity contribution in [1.82, 2.24) is 4.90 Å². The molecular formula is C21H25NO. The fourth-order valence-electron chi connectivity index (χ4n) is 4.44. The van der Waals surface area contributed by atoms with Crippen molar-refractivity contribution in [1.29, 1.82) is 0 Å². The lowest BCUT2D eigenvalue weighted by Crippen LogP contribution is -2.23. The number of nitrogens with zero attached hydrogens (tertiary/aromatic N) is 1. The zero-order valence-corrected chi connectivity index (χ0v) is 13.9. The van der Waals surface area contributed by atoms with Crippen LogP contribution < -0.4 is 4.74 Å². The molecule has 0 spiro atoms. The number of methoxy groups -OCH3 is 1. The average molecular weight is 307 g/mol. The first-order valence-electron chi connectivity index (χ1n) is 8.77. The van der Waals surface area contributed by atoms with E-state index in [0.717, 1.165) is 18.1 Å². The second kappa shape index (κ2) is 6.37. The molecule has 1 saturated heterocycles. The lowest BCUT2D eigenvalue weighted by molar-refractivity contribution is 0.325. The molecule has 0 N–H and O–H groups in total. The predicted octanol–water partition coefficient (Wildman–Crippen LogP) is 3.90. The fraction of sp³-hybridized carbons (Fsp3) is 0.429. The normalized spacial score (nSPS) is 23.3. The van der Waals surface area contributed by atoms with Crippen LogP contribution in [0.1, 0.15) is 29.0 Å². The molecule has 1 fully saturated rings. The minimum Gasteiger partial charge on any atom is -0.496 e. The highest BCUT2D eigenvalue weighted by Crippen LogP contribution is 2.43. The summed E-state index contributed by atoms with van der Waals surface area (Å²) in [5.74, 6) is 2.61. The molecule has 0 saturated carbocycles. The van der Waals surface area contributed by atoms with E-state index in [1.807, 2.05) is 0 Å². The van der Waals surface area contributed by atoms with Gasteiger partial charge in [0, 0.05) is 25.6 Å². The van der Waals surface area contributed by atoms with Gasteiger partial charge in [-0.25, -0.2) is 0 Å². The maximum absolute atomic E-state index is 5.58. The van der Waals surface area contributed by atoms with E-state index in [0.29, 0.717) is 5.92 Å². The minimum atomic E-state index is 0.699. The van der Waals surface area contributed by atoms with E-state index in [4.69, 9.17) is 4.74 Å². The number of hydrogen-bond donors (Lipinski definition) is 0. The van der Waals surface area contributed by atoms with Crippen LogP contribution in [-0.4, -0.2) is 31.6 Å². The molecule has 0 radical (unpaired) electrons. The van der Waals surface area contributed by atoms with Crippen molar-refractivity contribution in [2.75, 3.05) is 26.7 Å². The van der Waals surface area contributed by atoms with Crippen LogP contribution in [0.3, 0.4) is 0 Å². The number of hydrogen-bond acceptors (Lipinski definition) is 2. The van der Waals surface area contributed by atoms with Crippen molar-refractivity contribution in [2.45, 2.75) is 25.2 Å². The molecule has 2 heteroatoms. The Hall–Kier alpha value is -1.80. The maximum Gasteiger partial charge on any atom is 0.122 e. The van der Waals surface area contributed by atoms with Crippen LogP contribution in [0.15, 0.2) is 48.5 Å². The van der Waals surface area contributed by atoms with Crippen LogP contribution in [0.25, 0.3) is 0 Å². The van der Waals surface area contributed by atoms with Crippen molar-refractivity contribution in [3.8, 4) is 5.75 Å². The van der Waals surface area contributed by atoms with E-state index < -0.39 is 0 Å². The van der Waals surface area contributed by atoms with E-state index in [9.17, 15) is 0 Å². The monoisotopic (exact) mass is 307 g/mol. The molecule has 120 valence electrons. The molecule has 1 aliphatic carbocycles. The molecule has 2 nitrogen and oxygen atoms in total. The Balaban J connectivity index is 1.46. The SMILES string of the molecule is COc1cccc2c1CCC1CN(CCc3ccccc3)CC21. The van der Waals surface area contributed by atoms with Gasteiger partial charge in [0.15, 0.2) is 0 Å². The van der Waals surface area contributed by atoms with E-state index in [2.05, 4.69) is 53.4 Å². The molecule has 2 aromatic rings. The second-order valence-corrected chi connectivity index (χ2v) is 6.93. The average Bonchev–Trinajstić information content (AvgIpc) is 3.04. The third kappa shape index (κ3) is 2.88. The third-order valence-corrected chi connectivity index (χ3v) is 5.63. The Labute approximate surface area is 139 Å². The first-order valence-corrected chi connectivity index (χ1v) is 8.77. The van der Waals surface area contributed by atoms with E-state index in [-0.39, 0.29) is 0 Å². The van der Waals surface area contributed by atoms with Gasteiger partial charge in [0.05, 0.1) is 7.11 Å². The van der Waals surface area contributed by atoms with Gasteiger partial charge in [-0.1, -0.05) is 42.5 Å². The topological polar surface area (TPSA) is 12.5 Å². The second-order valence-electron chi connectivity index (χ2n) is 6.93. The third-order valence-electron chi connectivity index (χ3n) is 5.63. The fourth-order valence-corrected chi connectivity index (χ4v) is 4.44.